The van der Waals surface area contributed by atoms with E-state index in [0.29, 0.717) is 18.9 Å². The van der Waals surface area contributed by atoms with E-state index in [0.717, 1.165) is 28.9 Å². The van der Waals surface area contributed by atoms with Crippen molar-refractivity contribution in [1.29, 1.82) is 0 Å². The SMILES string of the molecule is CN=C(NCc1ccc(N2CCCC2=O)cc1)NCc1cn(C)nc1C(F)(F)F.I. The van der Waals surface area contributed by atoms with E-state index in [9.17, 15) is 18.0 Å². The molecule has 2 N–H and O–H groups in total. The van der Waals surface area contributed by atoms with Crippen LogP contribution in [0, 0.1) is 0 Å². The number of aliphatic imine (C=N–C) groups is 1. The number of rotatable bonds is 5. The summed E-state index contributed by atoms with van der Waals surface area (Å²) in [7, 11) is 3.00. The fraction of sp³-hybridized carbons (Fsp3) is 0.421. The first-order valence-corrected chi connectivity index (χ1v) is 9.21. The van der Waals surface area contributed by atoms with Gasteiger partial charge in [0.1, 0.15) is 0 Å². The van der Waals surface area contributed by atoms with Gasteiger partial charge < -0.3 is 15.5 Å². The zero-order valence-electron chi connectivity index (χ0n) is 16.7. The Morgan fingerprint density at radius 1 is 1.20 bits per heavy atom. The topological polar surface area (TPSA) is 74.6 Å². The van der Waals surface area contributed by atoms with Gasteiger partial charge in [-0.2, -0.15) is 18.3 Å². The first-order valence-electron chi connectivity index (χ1n) is 9.21. The second-order valence-electron chi connectivity index (χ2n) is 6.77. The Morgan fingerprint density at radius 2 is 1.87 bits per heavy atom. The number of anilines is 1. The number of nitrogens with zero attached hydrogens (tertiary/aromatic N) is 4. The molecule has 1 fully saturated rings. The van der Waals surface area contributed by atoms with Crippen molar-refractivity contribution < 1.29 is 18.0 Å². The molecule has 7 nitrogen and oxygen atoms in total. The zero-order chi connectivity index (χ0) is 21.0. The van der Waals surface area contributed by atoms with Gasteiger partial charge in [-0.25, -0.2) is 0 Å². The van der Waals surface area contributed by atoms with Crippen molar-refractivity contribution in [2.45, 2.75) is 32.1 Å². The molecule has 1 amide bonds. The number of hydrogen-bond acceptors (Lipinski definition) is 3. The number of guanidine groups is 1. The van der Waals surface area contributed by atoms with Gasteiger partial charge in [-0.1, -0.05) is 12.1 Å². The molecule has 1 aliphatic heterocycles. The average Bonchev–Trinajstić information content (AvgIpc) is 3.27. The van der Waals surface area contributed by atoms with Crippen molar-refractivity contribution in [1.82, 2.24) is 20.4 Å². The monoisotopic (exact) mass is 536 g/mol. The predicted molar refractivity (Wildman–Crippen MR) is 119 cm³/mol. The Kier molecular flexibility index (Phi) is 8.10. The molecule has 1 aliphatic rings. The number of nitrogens with one attached hydrogen (secondary N) is 2. The van der Waals surface area contributed by atoms with Crippen LogP contribution < -0.4 is 15.5 Å². The maximum atomic E-state index is 13.0. The Bertz CT molecular complexity index is 895. The maximum absolute atomic E-state index is 13.0. The van der Waals surface area contributed by atoms with Gasteiger partial charge in [0, 0.05) is 57.6 Å². The third-order valence-electron chi connectivity index (χ3n) is 4.62. The molecule has 0 unspecified atom stereocenters. The van der Waals surface area contributed by atoms with Gasteiger partial charge in [-0.3, -0.25) is 14.5 Å². The lowest BCUT2D eigenvalue weighted by Crippen LogP contribution is -2.36. The van der Waals surface area contributed by atoms with Crippen LogP contribution in [0.15, 0.2) is 35.5 Å². The van der Waals surface area contributed by atoms with Crippen LogP contribution in [0.25, 0.3) is 0 Å². The number of aryl methyl sites for hydroxylation is 1. The molecule has 0 aliphatic carbocycles. The molecule has 1 aromatic heterocycles. The minimum absolute atomic E-state index is 0. The molecular formula is C19H24F3IN6O. The van der Waals surface area contributed by atoms with Crippen LogP contribution in [0.1, 0.15) is 29.7 Å². The highest BCUT2D eigenvalue weighted by Crippen LogP contribution is 2.30. The number of amides is 1. The summed E-state index contributed by atoms with van der Waals surface area (Å²) in [5, 5.41) is 9.43. The van der Waals surface area contributed by atoms with E-state index < -0.39 is 11.9 Å². The predicted octanol–water partition coefficient (Wildman–Crippen LogP) is 3.05. The Hall–Kier alpha value is -2.31. The van der Waals surface area contributed by atoms with E-state index >= 15 is 0 Å². The summed E-state index contributed by atoms with van der Waals surface area (Å²) < 4.78 is 40.2. The van der Waals surface area contributed by atoms with Crippen molar-refractivity contribution in [2.75, 3.05) is 18.5 Å². The van der Waals surface area contributed by atoms with Gasteiger partial charge in [0.2, 0.25) is 5.91 Å². The molecule has 0 bridgehead atoms. The highest BCUT2D eigenvalue weighted by molar-refractivity contribution is 14.0. The zero-order valence-corrected chi connectivity index (χ0v) is 19.0. The molecule has 0 saturated carbocycles. The summed E-state index contributed by atoms with van der Waals surface area (Å²) in [5.74, 6) is 0.509. The number of carbonyl (C=O) groups is 1. The molecule has 30 heavy (non-hydrogen) atoms. The first kappa shape index (κ1) is 24.0. The summed E-state index contributed by atoms with van der Waals surface area (Å²) in [4.78, 5) is 17.6. The fourth-order valence-electron chi connectivity index (χ4n) is 3.21. The van der Waals surface area contributed by atoms with Crippen LogP contribution >= 0.6 is 24.0 Å². The normalized spacial score (nSPS) is 14.6. The summed E-state index contributed by atoms with van der Waals surface area (Å²) in [6, 6.07) is 7.59. The largest absolute Gasteiger partial charge is 0.435 e. The van der Waals surface area contributed by atoms with E-state index in [2.05, 4.69) is 20.7 Å². The first-order chi connectivity index (χ1) is 13.8. The average molecular weight is 536 g/mol. The maximum Gasteiger partial charge on any atom is 0.435 e. The highest BCUT2D eigenvalue weighted by atomic mass is 127. The van der Waals surface area contributed by atoms with E-state index in [1.807, 2.05) is 24.3 Å². The number of halogens is 4. The minimum atomic E-state index is -4.51. The molecule has 0 spiro atoms. The van der Waals surface area contributed by atoms with Gasteiger partial charge in [0.25, 0.3) is 0 Å². The molecule has 1 saturated heterocycles. The van der Waals surface area contributed by atoms with Crippen LogP contribution in [0.2, 0.25) is 0 Å². The molecule has 0 atom stereocenters. The molecule has 3 rings (SSSR count). The second kappa shape index (κ2) is 10.1. The lowest BCUT2D eigenvalue weighted by atomic mass is 10.2. The standard InChI is InChI=1S/C19H23F3N6O.HI/c1-23-18(25-11-14-12-27(2)26-17(14)19(20,21)22)24-10-13-5-7-15(8-6-13)28-9-3-4-16(28)29;/h5-8,12H,3-4,9-11H2,1-2H3,(H2,23,24,25);1H. The number of carbonyl (C=O) groups excluding carboxylic acids is 1. The van der Waals surface area contributed by atoms with Gasteiger partial charge in [-0.05, 0) is 24.1 Å². The van der Waals surface area contributed by atoms with Gasteiger partial charge >= 0.3 is 6.18 Å². The Morgan fingerprint density at radius 3 is 2.43 bits per heavy atom. The summed E-state index contributed by atoms with van der Waals surface area (Å²) in [5.41, 5.74) is 0.966. The fourth-order valence-corrected chi connectivity index (χ4v) is 3.21. The third kappa shape index (κ3) is 5.86. The van der Waals surface area contributed by atoms with Crippen molar-refractivity contribution in [3.63, 3.8) is 0 Å². The molecule has 2 aromatic rings. The van der Waals surface area contributed by atoms with E-state index in [-0.39, 0.29) is 42.0 Å². The number of aromatic nitrogens is 2. The van der Waals surface area contributed by atoms with Crippen molar-refractivity contribution in [3.8, 4) is 0 Å². The number of benzene rings is 1. The van der Waals surface area contributed by atoms with Crippen LogP contribution in [-0.4, -0.2) is 35.2 Å². The van der Waals surface area contributed by atoms with Crippen molar-refractivity contribution in [2.24, 2.45) is 12.0 Å². The van der Waals surface area contributed by atoms with E-state index in [4.69, 9.17) is 0 Å². The molecule has 164 valence electrons. The molecule has 2 heterocycles. The minimum Gasteiger partial charge on any atom is -0.352 e. The van der Waals surface area contributed by atoms with Crippen LogP contribution in [0.3, 0.4) is 0 Å². The number of hydrogen-bond donors (Lipinski definition) is 2. The Labute approximate surface area is 189 Å². The third-order valence-corrected chi connectivity index (χ3v) is 4.62. The lowest BCUT2D eigenvalue weighted by Gasteiger charge is -2.16. The van der Waals surface area contributed by atoms with Crippen molar-refractivity contribution in [3.05, 3.63) is 47.3 Å². The van der Waals surface area contributed by atoms with Gasteiger partial charge in [-0.15, -0.1) is 24.0 Å². The smallest absolute Gasteiger partial charge is 0.352 e. The van der Waals surface area contributed by atoms with Crippen LogP contribution in [0.4, 0.5) is 18.9 Å². The van der Waals surface area contributed by atoms with Gasteiger partial charge in [0.15, 0.2) is 11.7 Å². The van der Waals surface area contributed by atoms with Gasteiger partial charge in [0.05, 0.1) is 0 Å². The van der Waals surface area contributed by atoms with Crippen LogP contribution in [-0.2, 0) is 31.1 Å². The van der Waals surface area contributed by atoms with E-state index in [1.165, 1.54) is 13.2 Å². The summed E-state index contributed by atoms with van der Waals surface area (Å²) in [6.45, 7) is 1.12. The van der Waals surface area contributed by atoms with Crippen LogP contribution in [0.5, 0.6) is 0 Å². The quantitative estimate of drug-likeness (QED) is 0.350. The molecule has 1 aromatic carbocycles. The van der Waals surface area contributed by atoms with Crippen molar-refractivity contribution >= 4 is 41.5 Å². The number of alkyl halides is 3. The van der Waals surface area contributed by atoms with E-state index in [1.54, 1.807) is 11.9 Å². The molecule has 0 radical (unpaired) electrons. The molecular weight excluding hydrogens is 512 g/mol. The molecule has 11 heteroatoms. The summed E-state index contributed by atoms with van der Waals surface area (Å²) >= 11 is 0. The summed E-state index contributed by atoms with van der Waals surface area (Å²) in [6.07, 6.45) is -1.72. The Balaban J connectivity index is 0.00000320. The lowest BCUT2D eigenvalue weighted by molar-refractivity contribution is -0.142. The highest BCUT2D eigenvalue weighted by Gasteiger charge is 2.36. The second-order valence-corrected chi connectivity index (χ2v) is 6.77.